The topological polar surface area (TPSA) is 84.2 Å². The Morgan fingerprint density at radius 2 is 1.80 bits per heavy atom. The maximum Gasteiger partial charge on any atom is 0.347 e. The summed E-state index contributed by atoms with van der Waals surface area (Å²) in [6.07, 6.45) is 0.444. The molecule has 3 rings (SSSR count). The number of carbonyl (C=O) groups excluding carboxylic acids is 1. The molecule has 7 heteroatoms. The zero-order valence-corrected chi connectivity index (χ0v) is 17.2. The quantitative estimate of drug-likeness (QED) is 0.384. The highest BCUT2D eigenvalue weighted by Gasteiger charge is 2.17. The van der Waals surface area contributed by atoms with Gasteiger partial charge in [-0.15, -0.1) is 0 Å². The molecule has 0 aliphatic rings. The van der Waals surface area contributed by atoms with Gasteiger partial charge >= 0.3 is 5.97 Å². The normalized spacial score (nSPS) is 11.8. The van der Waals surface area contributed by atoms with E-state index in [0.29, 0.717) is 35.7 Å². The van der Waals surface area contributed by atoms with Gasteiger partial charge in [-0.05, 0) is 45.0 Å². The van der Waals surface area contributed by atoms with Crippen LogP contribution in [0.4, 0.5) is 0 Å². The van der Waals surface area contributed by atoms with Crippen molar-refractivity contribution in [3.8, 4) is 17.2 Å². The van der Waals surface area contributed by atoms with Crippen molar-refractivity contribution in [1.82, 2.24) is 0 Å². The maximum absolute atomic E-state index is 12.7. The van der Waals surface area contributed by atoms with Crippen molar-refractivity contribution >= 4 is 16.9 Å². The molecular formula is C23H24O7. The molecule has 0 spiro atoms. The number of esters is 1. The Morgan fingerprint density at radius 3 is 2.53 bits per heavy atom. The van der Waals surface area contributed by atoms with Crippen molar-refractivity contribution in [2.75, 3.05) is 19.8 Å². The van der Waals surface area contributed by atoms with Gasteiger partial charge in [0.15, 0.2) is 6.10 Å². The van der Waals surface area contributed by atoms with Crippen LogP contribution in [0.15, 0.2) is 57.9 Å². The second-order valence-electron chi connectivity index (χ2n) is 6.63. The zero-order chi connectivity index (χ0) is 21.5. The van der Waals surface area contributed by atoms with Crippen molar-refractivity contribution < 1.29 is 28.2 Å². The first-order chi connectivity index (χ1) is 14.5. The first-order valence-corrected chi connectivity index (χ1v) is 9.69. The van der Waals surface area contributed by atoms with E-state index < -0.39 is 12.1 Å². The molecule has 7 nitrogen and oxygen atoms in total. The highest BCUT2D eigenvalue weighted by molar-refractivity contribution is 5.79. The second kappa shape index (κ2) is 9.93. The van der Waals surface area contributed by atoms with Gasteiger partial charge in [0.05, 0.1) is 12.0 Å². The Labute approximate surface area is 174 Å². The van der Waals surface area contributed by atoms with E-state index in [4.69, 9.17) is 23.4 Å². The van der Waals surface area contributed by atoms with Gasteiger partial charge in [0.1, 0.15) is 30.0 Å². The number of fused-ring (bicyclic) bond motifs is 1. The Morgan fingerprint density at radius 1 is 1.07 bits per heavy atom. The number of rotatable bonds is 9. The fraction of sp³-hybridized carbons (Fsp3) is 0.304. The highest BCUT2D eigenvalue weighted by Crippen LogP contribution is 2.24. The van der Waals surface area contributed by atoms with Crippen LogP contribution in [0.3, 0.4) is 0 Å². The predicted molar refractivity (Wildman–Crippen MR) is 111 cm³/mol. The van der Waals surface area contributed by atoms with Crippen LogP contribution in [0.2, 0.25) is 0 Å². The molecule has 0 bridgehead atoms. The summed E-state index contributed by atoms with van der Waals surface area (Å²) in [6, 6.07) is 12.1. The molecule has 0 amide bonds. The minimum Gasteiger partial charge on any atom is -0.479 e. The number of hydrogen-bond acceptors (Lipinski definition) is 7. The van der Waals surface area contributed by atoms with Gasteiger partial charge in [0.25, 0.3) is 0 Å². The average molecular weight is 412 g/mol. The molecule has 0 fully saturated rings. The van der Waals surface area contributed by atoms with Crippen LogP contribution in [-0.4, -0.2) is 31.9 Å². The first kappa shape index (κ1) is 21.4. The summed E-state index contributed by atoms with van der Waals surface area (Å²) in [5.74, 6) is 0.514. The maximum atomic E-state index is 12.7. The Kier molecular flexibility index (Phi) is 7.08. The number of aryl methyl sites for hydroxylation is 1. The molecule has 0 saturated heterocycles. The standard InChI is InChI=1S/C23H24O7/c1-4-26-11-12-27-23(25)16(3)29-18-9-10-19-20(13-18)28-14-21(22(19)24)30-17-7-5-15(2)6-8-17/h5-10,13-14,16H,4,11-12H2,1-3H3/t16-/m0/s1. The van der Waals surface area contributed by atoms with Crippen molar-refractivity contribution in [3.05, 3.63) is 64.5 Å². The molecule has 0 N–H and O–H groups in total. The number of carbonyl (C=O) groups is 1. The van der Waals surface area contributed by atoms with Gasteiger partial charge < -0.3 is 23.4 Å². The first-order valence-electron chi connectivity index (χ1n) is 9.69. The Balaban J connectivity index is 1.70. The number of hydrogen-bond donors (Lipinski definition) is 0. The van der Waals surface area contributed by atoms with E-state index >= 15 is 0 Å². The highest BCUT2D eigenvalue weighted by atomic mass is 16.6. The fourth-order valence-electron chi connectivity index (χ4n) is 2.68. The van der Waals surface area contributed by atoms with Gasteiger partial charge in [-0.3, -0.25) is 4.79 Å². The van der Waals surface area contributed by atoms with Crippen LogP contribution < -0.4 is 14.9 Å². The Bertz CT molecular complexity index is 1050. The summed E-state index contributed by atoms with van der Waals surface area (Å²) in [4.78, 5) is 24.7. The molecule has 1 heterocycles. The van der Waals surface area contributed by atoms with Crippen LogP contribution in [0.1, 0.15) is 19.4 Å². The molecule has 1 aromatic heterocycles. The van der Waals surface area contributed by atoms with Crippen LogP contribution in [-0.2, 0) is 14.3 Å². The van der Waals surface area contributed by atoms with Gasteiger partial charge in [0.2, 0.25) is 11.2 Å². The summed E-state index contributed by atoms with van der Waals surface area (Å²) >= 11 is 0. The van der Waals surface area contributed by atoms with Gasteiger partial charge in [-0.2, -0.15) is 0 Å². The summed E-state index contributed by atoms with van der Waals surface area (Å²) in [5, 5.41) is 0.346. The smallest absolute Gasteiger partial charge is 0.347 e. The third kappa shape index (κ3) is 5.39. The third-order valence-corrected chi connectivity index (χ3v) is 4.28. The molecule has 3 aromatic rings. The number of benzene rings is 2. The molecular weight excluding hydrogens is 388 g/mol. The van der Waals surface area contributed by atoms with E-state index in [1.807, 2.05) is 26.0 Å². The molecule has 158 valence electrons. The summed E-state index contributed by atoms with van der Waals surface area (Å²) in [5.41, 5.74) is 1.12. The molecule has 0 radical (unpaired) electrons. The van der Waals surface area contributed by atoms with Crippen molar-refractivity contribution in [1.29, 1.82) is 0 Å². The van der Waals surface area contributed by atoms with Crippen LogP contribution in [0.25, 0.3) is 11.0 Å². The van der Waals surface area contributed by atoms with Gasteiger partial charge in [-0.25, -0.2) is 4.79 Å². The molecule has 0 aliphatic heterocycles. The number of ether oxygens (including phenoxy) is 4. The SMILES string of the molecule is CCOCCOC(=O)[C@H](C)Oc1ccc2c(=O)c(Oc3ccc(C)cc3)coc2c1. The van der Waals surface area contributed by atoms with Crippen LogP contribution >= 0.6 is 0 Å². The lowest BCUT2D eigenvalue weighted by atomic mass is 10.2. The van der Waals surface area contributed by atoms with E-state index in [0.717, 1.165) is 5.56 Å². The predicted octanol–water partition coefficient (Wildman–Crippen LogP) is 4.24. The third-order valence-electron chi connectivity index (χ3n) is 4.28. The molecule has 0 saturated carbocycles. The lowest BCUT2D eigenvalue weighted by Gasteiger charge is -2.14. The minimum absolute atomic E-state index is 0.0891. The molecule has 1 atom stereocenters. The monoisotopic (exact) mass is 412 g/mol. The summed E-state index contributed by atoms with van der Waals surface area (Å²) < 4.78 is 27.0. The van der Waals surface area contributed by atoms with E-state index in [1.54, 1.807) is 37.3 Å². The van der Waals surface area contributed by atoms with E-state index in [9.17, 15) is 9.59 Å². The van der Waals surface area contributed by atoms with E-state index in [-0.39, 0.29) is 17.8 Å². The molecule has 0 aliphatic carbocycles. The van der Waals surface area contributed by atoms with Crippen molar-refractivity contribution in [2.24, 2.45) is 0 Å². The summed E-state index contributed by atoms with van der Waals surface area (Å²) in [7, 11) is 0. The lowest BCUT2D eigenvalue weighted by Crippen LogP contribution is -2.27. The van der Waals surface area contributed by atoms with Crippen LogP contribution in [0.5, 0.6) is 17.2 Å². The Hall–Kier alpha value is -3.32. The average Bonchev–Trinajstić information content (AvgIpc) is 2.74. The summed E-state index contributed by atoms with van der Waals surface area (Å²) in [6.45, 7) is 6.48. The minimum atomic E-state index is -0.819. The van der Waals surface area contributed by atoms with Crippen LogP contribution in [0, 0.1) is 6.92 Å². The van der Waals surface area contributed by atoms with Gasteiger partial charge in [0, 0.05) is 12.7 Å². The van der Waals surface area contributed by atoms with E-state index in [2.05, 4.69) is 0 Å². The largest absolute Gasteiger partial charge is 0.479 e. The fourth-order valence-corrected chi connectivity index (χ4v) is 2.68. The lowest BCUT2D eigenvalue weighted by molar-refractivity contribution is -0.152. The van der Waals surface area contributed by atoms with Gasteiger partial charge in [-0.1, -0.05) is 17.7 Å². The molecule has 2 aromatic carbocycles. The molecule has 30 heavy (non-hydrogen) atoms. The zero-order valence-electron chi connectivity index (χ0n) is 17.2. The van der Waals surface area contributed by atoms with Crippen molar-refractivity contribution in [2.45, 2.75) is 26.9 Å². The molecule has 0 unspecified atom stereocenters. The second-order valence-corrected chi connectivity index (χ2v) is 6.63. The van der Waals surface area contributed by atoms with E-state index in [1.165, 1.54) is 6.26 Å². The van der Waals surface area contributed by atoms with Crippen molar-refractivity contribution in [3.63, 3.8) is 0 Å².